The Labute approximate surface area is 179 Å². The van der Waals surface area contributed by atoms with Gasteiger partial charge < -0.3 is 4.74 Å². The van der Waals surface area contributed by atoms with Crippen LogP contribution in [-0.2, 0) is 10.8 Å². The highest BCUT2D eigenvalue weighted by Crippen LogP contribution is 2.47. The minimum absolute atomic E-state index is 0.114. The highest BCUT2D eigenvalue weighted by molar-refractivity contribution is 6.59. The Bertz CT molecular complexity index is 919. The van der Waals surface area contributed by atoms with Gasteiger partial charge in [-0.15, -0.1) is 0 Å². The molecule has 2 aromatic carbocycles. The van der Waals surface area contributed by atoms with Gasteiger partial charge in [0.1, 0.15) is 5.75 Å². The third kappa shape index (κ3) is 4.10. The monoisotopic (exact) mass is 405 g/mol. The molecule has 0 spiro atoms. The molecule has 29 heavy (non-hydrogen) atoms. The second-order valence-electron chi connectivity index (χ2n) is 10.8. The Morgan fingerprint density at radius 1 is 0.862 bits per heavy atom. The summed E-state index contributed by atoms with van der Waals surface area (Å²) in [6, 6.07) is 11.6. The molecule has 1 aliphatic carbocycles. The molecule has 0 heterocycles. The van der Waals surface area contributed by atoms with E-state index in [-0.39, 0.29) is 10.8 Å². The lowest BCUT2D eigenvalue weighted by Crippen LogP contribution is -2.17. The Balaban J connectivity index is 2.31. The maximum absolute atomic E-state index is 5.82. The van der Waals surface area contributed by atoms with Crippen LogP contribution in [0.2, 0.25) is 13.1 Å². The molecular weight excluding hydrogens is 368 g/mol. The van der Waals surface area contributed by atoms with Crippen LogP contribution >= 0.6 is 0 Å². The summed E-state index contributed by atoms with van der Waals surface area (Å²) < 4.78 is 5.82. The summed E-state index contributed by atoms with van der Waals surface area (Å²) in [5, 5.41) is 0. The van der Waals surface area contributed by atoms with Crippen LogP contribution in [0.25, 0.3) is 17.2 Å². The summed E-state index contributed by atoms with van der Waals surface area (Å²) >= 11 is 0. The average molecular weight is 406 g/mol. The van der Waals surface area contributed by atoms with E-state index in [1.54, 1.807) is 7.11 Å². The summed E-state index contributed by atoms with van der Waals surface area (Å²) in [6.07, 6.45) is 2.41. The molecule has 0 aromatic heterocycles. The van der Waals surface area contributed by atoms with E-state index >= 15 is 0 Å². The number of benzene rings is 2. The molecule has 1 nitrogen and oxygen atoms in total. The van der Waals surface area contributed by atoms with Crippen LogP contribution in [-0.4, -0.2) is 15.9 Å². The second kappa shape index (κ2) is 7.47. The fourth-order valence-electron chi connectivity index (χ4n) is 4.43. The van der Waals surface area contributed by atoms with Crippen molar-refractivity contribution in [1.82, 2.24) is 0 Å². The molecule has 3 rings (SSSR count). The minimum Gasteiger partial charge on any atom is -0.496 e. The summed E-state index contributed by atoms with van der Waals surface area (Å²) in [5.74, 6) is 1.04. The van der Waals surface area contributed by atoms with E-state index in [4.69, 9.17) is 4.74 Å². The Morgan fingerprint density at radius 3 is 1.86 bits per heavy atom. The van der Waals surface area contributed by atoms with Crippen LogP contribution < -0.4 is 4.74 Å². The summed E-state index contributed by atoms with van der Waals surface area (Å²) in [7, 11) is 1.29. The molecule has 1 atom stereocenters. The number of allylic oxidation sites excluding steroid dienone is 1. The molecule has 1 aliphatic rings. The molecular formula is C27H37OSi. The van der Waals surface area contributed by atoms with Crippen LogP contribution in [0, 0.1) is 0 Å². The summed E-state index contributed by atoms with van der Waals surface area (Å²) in [5.41, 5.74) is 10.5. The van der Waals surface area contributed by atoms with Gasteiger partial charge in [-0.25, -0.2) is 0 Å². The van der Waals surface area contributed by atoms with E-state index in [0.717, 1.165) is 5.75 Å². The highest BCUT2D eigenvalue weighted by atomic mass is 28.3. The lowest BCUT2D eigenvalue weighted by atomic mass is 9.78. The fourth-order valence-corrected chi connectivity index (χ4v) is 6.30. The van der Waals surface area contributed by atoms with E-state index in [9.17, 15) is 0 Å². The molecule has 0 aliphatic heterocycles. The SMILES string of the molecule is COc1ccc(-c2cc(C(C)(C)C)cc(C(C)(C)C)c2)c2c1C([Si](C)C)C(C)=C2. The third-order valence-electron chi connectivity index (χ3n) is 6.14. The van der Waals surface area contributed by atoms with Gasteiger partial charge in [0.15, 0.2) is 0 Å². The first-order chi connectivity index (χ1) is 13.3. The average Bonchev–Trinajstić information content (AvgIpc) is 2.96. The van der Waals surface area contributed by atoms with E-state index in [0.29, 0.717) is 5.54 Å². The maximum Gasteiger partial charge on any atom is 0.122 e. The van der Waals surface area contributed by atoms with E-state index in [1.165, 1.54) is 39.0 Å². The zero-order chi connectivity index (χ0) is 21.7. The highest BCUT2D eigenvalue weighted by Gasteiger charge is 2.31. The number of hydrogen-bond donors (Lipinski definition) is 0. The van der Waals surface area contributed by atoms with E-state index < -0.39 is 8.80 Å². The van der Waals surface area contributed by atoms with Crippen LogP contribution in [0.4, 0.5) is 0 Å². The van der Waals surface area contributed by atoms with Crippen molar-refractivity contribution in [3.8, 4) is 16.9 Å². The van der Waals surface area contributed by atoms with Crippen LogP contribution in [0.15, 0.2) is 35.9 Å². The summed E-state index contributed by atoms with van der Waals surface area (Å²) in [6.45, 7) is 20.9. The van der Waals surface area contributed by atoms with Crippen LogP contribution in [0.1, 0.15) is 76.3 Å². The number of rotatable bonds is 3. The van der Waals surface area contributed by atoms with Gasteiger partial charge in [-0.3, -0.25) is 0 Å². The van der Waals surface area contributed by atoms with E-state index in [1.807, 2.05) is 0 Å². The number of fused-ring (bicyclic) bond motifs is 1. The van der Waals surface area contributed by atoms with Crippen molar-refractivity contribution < 1.29 is 4.74 Å². The van der Waals surface area contributed by atoms with Gasteiger partial charge in [0.05, 0.1) is 15.9 Å². The molecule has 0 saturated heterocycles. The van der Waals surface area contributed by atoms with Crippen molar-refractivity contribution in [2.75, 3.05) is 7.11 Å². The summed E-state index contributed by atoms with van der Waals surface area (Å²) in [4.78, 5) is 0. The topological polar surface area (TPSA) is 9.23 Å². The van der Waals surface area contributed by atoms with Crippen molar-refractivity contribution in [3.63, 3.8) is 0 Å². The molecule has 1 unspecified atom stereocenters. The first-order valence-electron chi connectivity index (χ1n) is 10.7. The van der Waals surface area contributed by atoms with E-state index in [2.05, 4.69) is 98.0 Å². The molecule has 0 fully saturated rings. The fraction of sp³-hybridized carbons (Fsp3) is 0.481. The van der Waals surface area contributed by atoms with Gasteiger partial charge in [-0.2, -0.15) is 0 Å². The van der Waals surface area contributed by atoms with Crippen molar-refractivity contribution in [1.29, 1.82) is 0 Å². The Kier molecular flexibility index (Phi) is 5.64. The van der Waals surface area contributed by atoms with Gasteiger partial charge in [0.2, 0.25) is 0 Å². The van der Waals surface area contributed by atoms with Gasteiger partial charge in [0.25, 0.3) is 0 Å². The number of methoxy groups -OCH3 is 1. The van der Waals surface area contributed by atoms with Crippen LogP contribution in [0.3, 0.4) is 0 Å². The van der Waals surface area contributed by atoms with Gasteiger partial charge in [-0.1, -0.05) is 90.6 Å². The maximum atomic E-state index is 5.82. The molecule has 0 saturated carbocycles. The van der Waals surface area contributed by atoms with Crippen molar-refractivity contribution >= 4 is 14.9 Å². The molecule has 2 heteroatoms. The normalized spacial score (nSPS) is 16.8. The predicted octanol–water partition coefficient (Wildman–Crippen LogP) is 7.75. The number of hydrogen-bond acceptors (Lipinski definition) is 1. The zero-order valence-corrected chi connectivity index (χ0v) is 20.9. The van der Waals surface area contributed by atoms with Crippen molar-refractivity contribution in [3.05, 3.63) is 58.2 Å². The quantitative estimate of drug-likeness (QED) is 0.474. The lowest BCUT2D eigenvalue weighted by Gasteiger charge is -2.27. The molecule has 0 amide bonds. The van der Waals surface area contributed by atoms with Crippen molar-refractivity contribution in [2.45, 2.75) is 77.9 Å². The minimum atomic E-state index is -0.513. The zero-order valence-electron chi connectivity index (χ0n) is 19.9. The Morgan fingerprint density at radius 2 is 1.41 bits per heavy atom. The smallest absolute Gasteiger partial charge is 0.122 e. The predicted molar refractivity (Wildman–Crippen MR) is 130 cm³/mol. The molecule has 0 bridgehead atoms. The second-order valence-corrected chi connectivity index (χ2v) is 13.6. The molecule has 1 radical (unpaired) electrons. The van der Waals surface area contributed by atoms with Gasteiger partial charge >= 0.3 is 0 Å². The lowest BCUT2D eigenvalue weighted by molar-refractivity contribution is 0.410. The first-order valence-corrected chi connectivity index (χ1v) is 13.3. The Hall–Kier alpha value is -1.80. The largest absolute Gasteiger partial charge is 0.496 e. The first kappa shape index (κ1) is 21.9. The molecule has 155 valence electrons. The standard InChI is InChI=1S/C27H37OSi/c1-17-13-22-21(11-12-23(28-8)24(22)25(17)29(9)10)18-14-19(26(2,3)4)16-20(15-18)27(5,6)7/h11-16,25H,1-10H3. The van der Waals surface area contributed by atoms with Gasteiger partial charge in [-0.05, 0) is 51.6 Å². The third-order valence-corrected chi connectivity index (χ3v) is 8.04. The van der Waals surface area contributed by atoms with Crippen molar-refractivity contribution in [2.24, 2.45) is 0 Å². The molecule has 0 N–H and O–H groups in total. The number of ether oxygens (including phenoxy) is 1. The van der Waals surface area contributed by atoms with Crippen LogP contribution in [0.5, 0.6) is 5.75 Å². The van der Waals surface area contributed by atoms with Gasteiger partial charge in [0, 0.05) is 11.1 Å². The molecule has 2 aromatic rings.